The van der Waals surface area contributed by atoms with E-state index >= 15 is 0 Å². The zero-order valence-electron chi connectivity index (χ0n) is 17.4. The highest BCUT2D eigenvalue weighted by molar-refractivity contribution is 6.33. The Morgan fingerprint density at radius 1 is 1.29 bits per heavy atom. The molecule has 0 heterocycles. The Hall–Kier alpha value is -1.81. The van der Waals surface area contributed by atoms with Gasteiger partial charge in [0.1, 0.15) is 17.3 Å². The number of benzene rings is 1. The average molecular weight is 407 g/mol. The summed E-state index contributed by atoms with van der Waals surface area (Å²) in [6, 6.07) is 0. The predicted octanol–water partition coefficient (Wildman–Crippen LogP) is 5.78. The minimum Gasteiger partial charge on any atom is -0.507 e. The lowest BCUT2D eigenvalue weighted by molar-refractivity contribution is -0.132. The van der Waals surface area contributed by atoms with Crippen LogP contribution in [0.5, 0.6) is 11.5 Å². The summed E-state index contributed by atoms with van der Waals surface area (Å²) in [6.07, 6.45) is 6.15. The highest BCUT2D eigenvalue weighted by Crippen LogP contribution is 2.47. The number of carbonyl (C=O) groups is 2. The number of Topliss-reactive ketones (excluding diaryl/α,β-unsaturated/α-hetero) is 1. The number of phenolic OH excluding ortho intramolecular Hbond substituents is 2. The van der Waals surface area contributed by atoms with Gasteiger partial charge < -0.3 is 10.2 Å². The van der Waals surface area contributed by atoms with E-state index in [-0.39, 0.29) is 45.4 Å². The summed E-state index contributed by atoms with van der Waals surface area (Å²) < 4.78 is 0. The molecule has 5 heteroatoms. The molecule has 2 N–H and O–H groups in total. The molecule has 1 aliphatic rings. The molecule has 0 amide bonds. The molecule has 1 fully saturated rings. The van der Waals surface area contributed by atoms with E-state index in [2.05, 4.69) is 13.8 Å². The first kappa shape index (κ1) is 22.5. The molecule has 154 valence electrons. The van der Waals surface area contributed by atoms with E-state index in [4.69, 9.17) is 11.6 Å². The Morgan fingerprint density at radius 2 is 1.93 bits per heavy atom. The number of hydrogen-bond acceptors (Lipinski definition) is 4. The fourth-order valence-electron chi connectivity index (χ4n) is 4.23. The van der Waals surface area contributed by atoms with Gasteiger partial charge in [-0.15, -0.1) is 0 Å². The maximum atomic E-state index is 12.2. The first-order valence-corrected chi connectivity index (χ1v) is 10.3. The molecule has 0 aromatic heterocycles. The van der Waals surface area contributed by atoms with Crippen LogP contribution in [0.1, 0.15) is 74.9 Å². The van der Waals surface area contributed by atoms with Crippen molar-refractivity contribution in [3.63, 3.8) is 0 Å². The number of ketones is 1. The van der Waals surface area contributed by atoms with Crippen LogP contribution in [-0.4, -0.2) is 22.3 Å². The first-order valence-electron chi connectivity index (χ1n) is 9.90. The summed E-state index contributed by atoms with van der Waals surface area (Å²) in [5.74, 6) is 0.507. The number of halogens is 1. The summed E-state index contributed by atoms with van der Waals surface area (Å²) in [5.41, 5.74) is 1.83. The summed E-state index contributed by atoms with van der Waals surface area (Å²) >= 11 is 6.11. The van der Waals surface area contributed by atoms with Gasteiger partial charge in [-0.2, -0.15) is 0 Å². The molecule has 0 unspecified atom stereocenters. The maximum absolute atomic E-state index is 12.2. The normalized spacial score (nSPS) is 25.8. The first-order chi connectivity index (χ1) is 13.0. The average Bonchev–Trinajstić information content (AvgIpc) is 2.66. The Morgan fingerprint density at radius 3 is 2.54 bits per heavy atom. The van der Waals surface area contributed by atoms with Crippen molar-refractivity contribution in [2.24, 2.45) is 17.3 Å². The SMILES string of the molecule is CC(=CCc1c(O)c(Cl)c(C)c(C=O)c1O)CC[C@]1(C)[C@H](C)CCC(=O)[C@@H]1C. The van der Waals surface area contributed by atoms with Crippen LogP contribution in [-0.2, 0) is 11.2 Å². The number of carbonyl (C=O) groups excluding carboxylic acids is 2. The molecule has 0 bridgehead atoms. The number of hydrogen-bond donors (Lipinski definition) is 2. The van der Waals surface area contributed by atoms with E-state index in [0.717, 1.165) is 24.8 Å². The third kappa shape index (κ3) is 4.12. The van der Waals surface area contributed by atoms with Gasteiger partial charge in [-0.3, -0.25) is 9.59 Å². The fourth-order valence-corrected chi connectivity index (χ4v) is 4.44. The molecule has 0 spiro atoms. The highest BCUT2D eigenvalue weighted by atomic mass is 35.5. The van der Waals surface area contributed by atoms with Crippen molar-refractivity contribution < 1.29 is 19.8 Å². The maximum Gasteiger partial charge on any atom is 0.154 e. The third-order valence-electron chi connectivity index (χ3n) is 7.02. The smallest absolute Gasteiger partial charge is 0.154 e. The van der Waals surface area contributed by atoms with E-state index in [1.807, 2.05) is 19.9 Å². The third-order valence-corrected chi connectivity index (χ3v) is 7.48. The topological polar surface area (TPSA) is 74.6 Å². The van der Waals surface area contributed by atoms with E-state index < -0.39 is 0 Å². The lowest BCUT2D eigenvalue weighted by Gasteiger charge is -2.44. The second-order valence-electron chi connectivity index (χ2n) is 8.53. The Labute approximate surface area is 172 Å². The van der Waals surface area contributed by atoms with Crippen molar-refractivity contribution in [3.8, 4) is 11.5 Å². The molecule has 2 rings (SSSR count). The quantitative estimate of drug-likeness (QED) is 0.463. The summed E-state index contributed by atoms with van der Waals surface area (Å²) in [5, 5.41) is 20.7. The van der Waals surface area contributed by atoms with Crippen LogP contribution in [0.15, 0.2) is 11.6 Å². The predicted molar refractivity (Wildman–Crippen MR) is 112 cm³/mol. The van der Waals surface area contributed by atoms with Gasteiger partial charge in [0.25, 0.3) is 0 Å². The van der Waals surface area contributed by atoms with Crippen molar-refractivity contribution in [3.05, 3.63) is 33.4 Å². The fraction of sp³-hybridized carbons (Fsp3) is 0.565. The summed E-state index contributed by atoms with van der Waals surface area (Å²) in [4.78, 5) is 23.5. The summed E-state index contributed by atoms with van der Waals surface area (Å²) in [6.45, 7) is 10.1. The Balaban J connectivity index is 2.17. The molecule has 0 radical (unpaired) electrons. The molecule has 28 heavy (non-hydrogen) atoms. The Bertz CT molecular complexity index is 812. The molecular formula is C23H31ClO4. The van der Waals surface area contributed by atoms with Crippen molar-refractivity contribution in [2.45, 2.75) is 66.7 Å². The Kier molecular flexibility index (Phi) is 6.97. The lowest BCUT2D eigenvalue weighted by Crippen LogP contribution is -2.41. The van der Waals surface area contributed by atoms with Gasteiger partial charge in [0, 0.05) is 17.9 Å². The van der Waals surface area contributed by atoms with Crippen molar-refractivity contribution >= 4 is 23.7 Å². The summed E-state index contributed by atoms with van der Waals surface area (Å²) in [7, 11) is 0. The zero-order chi connectivity index (χ0) is 21.2. The number of aromatic hydroxyl groups is 2. The minimum atomic E-state index is -0.217. The number of phenols is 2. The van der Waals surface area contributed by atoms with Crippen LogP contribution in [0.3, 0.4) is 0 Å². The monoisotopic (exact) mass is 406 g/mol. The second kappa shape index (κ2) is 8.69. The van der Waals surface area contributed by atoms with Crippen LogP contribution in [0, 0.1) is 24.2 Å². The van der Waals surface area contributed by atoms with Crippen LogP contribution in [0.2, 0.25) is 5.02 Å². The van der Waals surface area contributed by atoms with Gasteiger partial charge in [0.2, 0.25) is 0 Å². The number of allylic oxidation sites excluding steroid dienone is 2. The van der Waals surface area contributed by atoms with E-state index in [0.29, 0.717) is 30.0 Å². The van der Waals surface area contributed by atoms with Crippen LogP contribution in [0.4, 0.5) is 0 Å². The van der Waals surface area contributed by atoms with Gasteiger partial charge in [0.15, 0.2) is 6.29 Å². The van der Waals surface area contributed by atoms with E-state index in [1.165, 1.54) is 0 Å². The molecular weight excluding hydrogens is 376 g/mol. The number of aldehydes is 1. The zero-order valence-corrected chi connectivity index (χ0v) is 18.2. The molecule has 0 aliphatic heterocycles. The largest absolute Gasteiger partial charge is 0.507 e. The highest BCUT2D eigenvalue weighted by Gasteiger charge is 2.42. The molecule has 1 saturated carbocycles. The van der Waals surface area contributed by atoms with Gasteiger partial charge in [0.05, 0.1) is 10.6 Å². The molecule has 1 aliphatic carbocycles. The molecule has 1 aromatic carbocycles. The van der Waals surface area contributed by atoms with Crippen molar-refractivity contribution in [2.75, 3.05) is 0 Å². The van der Waals surface area contributed by atoms with Crippen molar-refractivity contribution in [1.29, 1.82) is 0 Å². The lowest BCUT2D eigenvalue weighted by atomic mass is 9.59. The molecule has 4 nitrogen and oxygen atoms in total. The van der Waals surface area contributed by atoms with Gasteiger partial charge in [-0.25, -0.2) is 0 Å². The standard InChI is InChI=1S/C23H31ClO4/c1-13(10-11-23(5)14(2)7-9-19(26)16(23)4)6-8-17-21(27)18(12-25)15(3)20(24)22(17)28/h6,12,14,16,27-28H,7-11H2,1-5H3/t14-,16+,23-/m1/s1. The minimum absolute atomic E-state index is 0.0213. The van der Waals surface area contributed by atoms with Crippen LogP contribution < -0.4 is 0 Å². The van der Waals surface area contributed by atoms with Gasteiger partial charge in [-0.1, -0.05) is 44.0 Å². The van der Waals surface area contributed by atoms with E-state index in [1.54, 1.807) is 6.92 Å². The van der Waals surface area contributed by atoms with E-state index in [9.17, 15) is 19.8 Å². The number of rotatable bonds is 6. The van der Waals surface area contributed by atoms with Crippen molar-refractivity contribution in [1.82, 2.24) is 0 Å². The molecule has 3 atom stereocenters. The van der Waals surface area contributed by atoms with Crippen LogP contribution in [0.25, 0.3) is 0 Å². The molecule has 0 saturated heterocycles. The van der Waals surface area contributed by atoms with Crippen LogP contribution >= 0.6 is 11.6 Å². The van der Waals surface area contributed by atoms with Gasteiger partial charge in [-0.05, 0) is 56.4 Å². The molecule has 1 aromatic rings. The van der Waals surface area contributed by atoms with Gasteiger partial charge >= 0.3 is 0 Å². The second-order valence-corrected chi connectivity index (χ2v) is 8.91.